The fourth-order valence-electron chi connectivity index (χ4n) is 10.5. The molecule has 0 saturated heterocycles. The number of benzene rings is 7. The van der Waals surface area contributed by atoms with E-state index in [2.05, 4.69) is 169 Å². The molecule has 7 aromatic carbocycles. The van der Waals surface area contributed by atoms with Crippen LogP contribution in [0.5, 0.6) is 0 Å². The van der Waals surface area contributed by atoms with Gasteiger partial charge < -0.3 is 0 Å². The van der Waals surface area contributed by atoms with Gasteiger partial charge in [-0.3, -0.25) is 9.98 Å². The zero-order chi connectivity index (χ0) is 35.4. The van der Waals surface area contributed by atoms with Gasteiger partial charge in [0.2, 0.25) is 0 Å². The van der Waals surface area contributed by atoms with Crippen molar-refractivity contribution in [2.75, 3.05) is 0 Å². The topological polar surface area (TPSA) is 25.2 Å². The average molecular weight is 705 g/mol. The van der Waals surface area contributed by atoms with E-state index in [0.29, 0.717) is 6.54 Å². The van der Waals surface area contributed by atoms with Gasteiger partial charge >= 0.3 is 0 Å². The number of nitrogens with zero attached hydrogens (tertiary/aromatic N) is 2. The predicted octanol–water partition coefficient (Wildman–Crippen LogP) is 12.1. The quantitative estimate of drug-likeness (QED) is 0.168. The van der Waals surface area contributed by atoms with Crippen LogP contribution in [0, 0.1) is 0 Å². The van der Waals surface area contributed by atoms with Gasteiger partial charge in [0.05, 0.1) is 17.4 Å². The maximum atomic E-state index is 5.05. The molecule has 0 N–H and O–H groups in total. The molecule has 0 fully saturated rings. The van der Waals surface area contributed by atoms with Gasteiger partial charge in [-0.2, -0.15) is 0 Å². The number of aliphatic imine (C=N–C) groups is 1. The van der Waals surface area contributed by atoms with E-state index in [0.717, 1.165) is 11.1 Å². The number of hydrogen-bond acceptors (Lipinski definition) is 3. The van der Waals surface area contributed by atoms with Crippen molar-refractivity contribution in [3.8, 4) is 22.3 Å². The van der Waals surface area contributed by atoms with Gasteiger partial charge in [0.1, 0.15) is 0 Å². The minimum atomic E-state index is -0.548. The standard InChI is InChI=1S/C51H32N2S/c1-4-18-38-34(15-1)35-16-2-5-19-39(35)50(38)40-20-6-8-22-42(40)51(43-23-9-7-21-41(43)50)44-24-11-14-33(31-53-30-32-13-12-28-52-29-32)47(44)48-45(51)27-26-37-36-17-3-10-25-46(36)54-49(37)48/h1-29,31H,30H2. The number of rotatable bonds is 3. The summed E-state index contributed by atoms with van der Waals surface area (Å²) >= 11 is 1.92. The Kier molecular flexibility index (Phi) is 6.16. The maximum absolute atomic E-state index is 5.05. The molecule has 0 saturated carbocycles. The Hall–Kier alpha value is -6.42. The molecule has 2 nitrogen and oxygen atoms in total. The molecule has 0 aliphatic heterocycles. The summed E-state index contributed by atoms with van der Waals surface area (Å²) in [5.74, 6) is 0. The SMILES string of the molecule is C(=NCc1cccnc1)c1cccc2c1-c1c(ccc3c1sc1ccccc13)C21c2ccccc2C2(c3ccccc3-c3ccccc32)c2ccccc21. The zero-order valence-electron chi connectivity index (χ0n) is 29.3. The first kappa shape index (κ1) is 30.1. The van der Waals surface area contributed by atoms with E-state index in [1.165, 1.54) is 86.9 Å². The van der Waals surface area contributed by atoms with Crippen LogP contribution in [0.1, 0.15) is 55.6 Å². The zero-order valence-corrected chi connectivity index (χ0v) is 30.1. The van der Waals surface area contributed by atoms with Crippen LogP contribution in [0.2, 0.25) is 0 Å². The molecular weight excluding hydrogens is 673 g/mol. The van der Waals surface area contributed by atoms with Crippen LogP contribution >= 0.6 is 11.3 Å². The molecule has 0 unspecified atom stereocenters. The highest BCUT2D eigenvalue weighted by Gasteiger charge is 2.59. The lowest BCUT2D eigenvalue weighted by Gasteiger charge is -2.48. The van der Waals surface area contributed by atoms with Crippen molar-refractivity contribution < 1.29 is 0 Å². The van der Waals surface area contributed by atoms with Crippen molar-refractivity contribution in [1.29, 1.82) is 0 Å². The van der Waals surface area contributed by atoms with Gasteiger partial charge in [-0.15, -0.1) is 11.3 Å². The molecule has 2 heterocycles. The Morgan fingerprint density at radius 1 is 0.481 bits per heavy atom. The first-order valence-electron chi connectivity index (χ1n) is 18.7. The molecule has 2 spiro atoms. The molecular formula is C51H32N2S. The third kappa shape index (κ3) is 3.65. The summed E-state index contributed by atoms with van der Waals surface area (Å²) in [7, 11) is 0. The Labute approximate surface area is 317 Å². The lowest BCUT2D eigenvalue weighted by molar-refractivity contribution is 0.633. The van der Waals surface area contributed by atoms with Crippen LogP contribution < -0.4 is 0 Å². The Morgan fingerprint density at radius 3 is 1.72 bits per heavy atom. The highest BCUT2D eigenvalue weighted by Crippen LogP contribution is 2.68. The molecule has 3 aliphatic rings. The van der Waals surface area contributed by atoms with Gasteiger partial charge in [0.25, 0.3) is 0 Å². The molecule has 0 amide bonds. The minimum Gasteiger partial charge on any atom is -0.288 e. The van der Waals surface area contributed by atoms with Gasteiger partial charge in [-0.25, -0.2) is 0 Å². The lowest BCUT2D eigenvalue weighted by Crippen LogP contribution is -2.43. The van der Waals surface area contributed by atoms with E-state index >= 15 is 0 Å². The molecule has 54 heavy (non-hydrogen) atoms. The van der Waals surface area contributed by atoms with Crippen LogP contribution in [0.3, 0.4) is 0 Å². The highest BCUT2D eigenvalue weighted by molar-refractivity contribution is 7.26. The molecule has 9 aromatic rings. The summed E-state index contributed by atoms with van der Waals surface area (Å²) in [5, 5.41) is 2.63. The van der Waals surface area contributed by atoms with E-state index in [-0.39, 0.29) is 0 Å². The summed E-state index contributed by atoms with van der Waals surface area (Å²) in [6.45, 7) is 0.579. The van der Waals surface area contributed by atoms with E-state index in [1.54, 1.807) is 0 Å². The molecule has 3 heteroatoms. The fraction of sp³-hybridized carbons (Fsp3) is 0.0588. The van der Waals surface area contributed by atoms with Crippen molar-refractivity contribution in [2.45, 2.75) is 17.4 Å². The normalized spacial score (nSPS) is 15.0. The number of thiophene rings is 1. The summed E-state index contributed by atoms with van der Waals surface area (Å²) in [6, 6.07) is 61.6. The van der Waals surface area contributed by atoms with Crippen molar-refractivity contribution in [3.63, 3.8) is 0 Å². The van der Waals surface area contributed by atoms with Crippen LogP contribution in [0.15, 0.2) is 181 Å². The second kappa shape index (κ2) is 11.1. The maximum Gasteiger partial charge on any atom is 0.0720 e. The van der Waals surface area contributed by atoms with Crippen LogP contribution in [0.4, 0.5) is 0 Å². The van der Waals surface area contributed by atoms with Crippen molar-refractivity contribution in [1.82, 2.24) is 4.98 Å². The molecule has 12 rings (SSSR count). The van der Waals surface area contributed by atoms with Crippen LogP contribution in [0.25, 0.3) is 42.4 Å². The second-order valence-electron chi connectivity index (χ2n) is 14.7. The van der Waals surface area contributed by atoms with Gasteiger partial charge in [0, 0.05) is 49.9 Å². The largest absolute Gasteiger partial charge is 0.288 e. The van der Waals surface area contributed by atoms with Gasteiger partial charge in [0.15, 0.2) is 0 Å². The molecule has 0 atom stereocenters. The summed E-state index contributed by atoms with van der Waals surface area (Å²) < 4.78 is 2.65. The third-order valence-electron chi connectivity index (χ3n) is 12.4. The first-order valence-corrected chi connectivity index (χ1v) is 19.5. The molecule has 0 bridgehead atoms. The Bertz CT molecular complexity index is 2950. The lowest BCUT2D eigenvalue weighted by atomic mass is 9.52. The first-order chi connectivity index (χ1) is 26.8. The number of pyridine rings is 1. The van der Waals surface area contributed by atoms with Crippen molar-refractivity contribution in [2.24, 2.45) is 4.99 Å². The second-order valence-corrected chi connectivity index (χ2v) is 15.8. The van der Waals surface area contributed by atoms with Gasteiger partial charge in [-0.1, -0.05) is 152 Å². The molecule has 0 radical (unpaired) electrons. The molecule has 3 aliphatic carbocycles. The van der Waals surface area contributed by atoms with E-state index in [1.807, 2.05) is 29.8 Å². The minimum absolute atomic E-state index is 0.459. The van der Waals surface area contributed by atoms with E-state index < -0.39 is 10.8 Å². The average Bonchev–Trinajstić information content (AvgIpc) is 3.86. The monoisotopic (exact) mass is 704 g/mol. The number of aromatic nitrogens is 1. The summed E-state index contributed by atoms with van der Waals surface area (Å²) in [4.78, 5) is 9.39. The number of fused-ring (bicyclic) bond motifs is 20. The van der Waals surface area contributed by atoms with Crippen LogP contribution in [-0.4, -0.2) is 11.2 Å². The summed E-state index contributed by atoms with van der Waals surface area (Å²) in [6.07, 6.45) is 5.83. The van der Waals surface area contributed by atoms with Crippen LogP contribution in [-0.2, 0) is 17.4 Å². The molecule has 2 aromatic heterocycles. The summed E-state index contributed by atoms with van der Waals surface area (Å²) in [5.41, 5.74) is 17.3. The van der Waals surface area contributed by atoms with Crippen molar-refractivity contribution in [3.05, 3.63) is 232 Å². The highest BCUT2D eigenvalue weighted by atomic mass is 32.1. The number of hydrogen-bond donors (Lipinski definition) is 0. The Balaban J connectivity index is 1.23. The third-order valence-corrected chi connectivity index (χ3v) is 13.6. The van der Waals surface area contributed by atoms with Crippen molar-refractivity contribution >= 4 is 37.7 Å². The van der Waals surface area contributed by atoms with E-state index in [4.69, 9.17) is 4.99 Å². The predicted molar refractivity (Wildman–Crippen MR) is 223 cm³/mol. The van der Waals surface area contributed by atoms with Gasteiger partial charge in [-0.05, 0) is 78.9 Å². The van der Waals surface area contributed by atoms with E-state index in [9.17, 15) is 0 Å². The molecule has 252 valence electrons. The Morgan fingerprint density at radius 2 is 1.06 bits per heavy atom. The smallest absolute Gasteiger partial charge is 0.0720 e. The fourth-order valence-corrected chi connectivity index (χ4v) is 11.7.